The van der Waals surface area contributed by atoms with E-state index in [1.807, 2.05) is 0 Å². The molecule has 0 spiro atoms. The van der Waals surface area contributed by atoms with Crippen LogP contribution in [-0.2, 0) is 4.57 Å². The van der Waals surface area contributed by atoms with E-state index in [4.69, 9.17) is 0 Å². The number of alkyl halides is 1. The Balaban J connectivity index is 2.65. The second-order valence-electron chi connectivity index (χ2n) is 3.37. The van der Waals surface area contributed by atoms with E-state index < -0.39 is 10.5 Å². The summed E-state index contributed by atoms with van der Waals surface area (Å²) < 4.78 is 11.5. The maximum Gasteiger partial charge on any atom is 0.216 e. The molecule has 4 heteroatoms. The van der Waals surface area contributed by atoms with Gasteiger partial charge in [0.2, 0.25) is 7.37 Å². The minimum atomic E-state index is -3.01. The number of hydrogen-bond acceptors (Lipinski definition) is 1. The average molecular weight is 312 g/mol. The van der Waals surface area contributed by atoms with Gasteiger partial charge in [0.05, 0.1) is 0 Å². The third-order valence-corrected chi connectivity index (χ3v) is 8.46. The largest absolute Gasteiger partial charge is 0.343 e. The molecule has 0 heterocycles. The van der Waals surface area contributed by atoms with E-state index in [9.17, 15) is 9.46 Å². The molecular formula is C9H14IO2P. The van der Waals surface area contributed by atoms with Crippen molar-refractivity contribution >= 4 is 30.0 Å². The van der Waals surface area contributed by atoms with Gasteiger partial charge in [-0.2, -0.15) is 0 Å². The fraction of sp³-hybridized carbons (Fsp3) is 0.556. The fourth-order valence-corrected chi connectivity index (χ4v) is 4.83. The highest BCUT2D eigenvalue weighted by molar-refractivity contribution is 14.1. The van der Waals surface area contributed by atoms with Gasteiger partial charge >= 0.3 is 0 Å². The Hall–Kier alpha value is 0.400. The molecule has 2 nitrogen and oxygen atoms in total. The number of allylic oxidation sites excluding steroid dienone is 2. The second-order valence-corrected chi connectivity index (χ2v) is 8.79. The molecule has 1 N–H and O–H groups in total. The monoisotopic (exact) mass is 312 g/mol. The highest BCUT2D eigenvalue weighted by Gasteiger charge is 2.61. The molecule has 0 radical (unpaired) electrons. The third-order valence-electron chi connectivity index (χ3n) is 2.42. The van der Waals surface area contributed by atoms with Gasteiger partial charge in [0.25, 0.3) is 0 Å². The Morgan fingerprint density at radius 3 is 2.69 bits per heavy atom. The van der Waals surface area contributed by atoms with Gasteiger partial charge < -0.3 is 4.89 Å². The SMILES string of the molecule is C=CCCP(=O)(O)[C@@]1(I)C[C@H]1C=C. The van der Waals surface area contributed by atoms with Crippen LogP contribution in [0, 0.1) is 5.92 Å². The molecular weight excluding hydrogens is 298 g/mol. The van der Waals surface area contributed by atoms with E-state index in [-0.39, 0.29) is 5.92 Å². The Bertz CT molecular complexity index is 277. The summed E-state index contributed by atoms with van der Waals surface area (Å²) in [5.74, 6) is 0.216. The zero-order chi connectivity index (χ0) is 10.1. The van der Waals surface area contributed by atoms with Crippen molar-refractivity contribution in [3.05, 3.63) is 25.3 Å². The van der Waals surface area contributed by atoms with Gasteiger partial charge in [0, 0.05) is 12.1 Å². The normalized spacial score (nSPS) is 36.3. The Labute approximate surface area is 92.7 Å². The lowest BCUT2D eigenvalue weighted by atomic mass is 10.4. The van der Waals surface area contributed by atoms with Crippen LogP contribution in [0.25, 0.3) is 0 Å². The summed E-state index contributed by atoms with van der Waals surface area (Å²) in [5.41, 5.74) is 0. The summed E-state index contributed by atoms with van der Waals surface area (Å²) >= 11 is 2.11. The molecule has 0 amide bonds. The highest BCUT2D eigenvalue weighted by Crippen LogP contribution is 2.74. The number of rotatable bonds is 5. The number of hydrogen-bond donors (Lipinski definition) is 1. The summed E-state index contributed by atoms with van der Waals surface area (Å²) in [4.78, 5) is 9.80. The van der Waals surface area contributed by atoms with Crippen molar-refractivity contribution in [3.8, 4) is 0 Å². The van der Waals surface area contributed by atoms with Crippen LogP contribution in [0.1, 0.15) is 12.8 Å². The molecule has 1 fully saturated rings. The van der Waals surface area contributed by atoms with Crippen LogP contribution < -0.4 is 0 Å². The van der Waals surface area contributed by atoms with Crippen LogP contribution in [0.5, 0.6) is 0 Å². The van der Waals surface area contributed by atoms with Crippen molar-refractivity contribution in [1.29, 1.82) is 0 Å². The molecule has 1 aliphatic carbocycles. The Morgan fingerprint density at radius 2 is 2.31 bits per heavy atom. The predicted octanol–water partition coefficient (Wildman–Crippen LogP) is 3.17. The summed E-state index contributed by atoms with van der Waals surface area (Å²) in [6.45, 7) is 7.21. The van der Waals surface area contributed by atoms with Gasteiger partial charge in [-0.05, 0) is 12.8 Å². The molecule has 0 saturated heterocycles. The first-order chi connectivity index (χ1) is 5.98. The number of halogens is 1. The van der Waals surface area contributed by atoms with Gasteiger partial charge in [-0.3, -0.25) is 4.57 Å². The van der Waals surface area contributed by atoms with Crippen molar-refractivity contribution in [2.45, 2.75) is 16.0 Å². The van der Waals surface area contributed by atoms with Crippen molar-refractivity contribution in [2.75, 3.05) is 6.16 Å². The van der Waals surface area contributed by atoms with Crippen LogP contribution in [0.15, 0.2) is 25.3 Å². The van der Waals surface area contributed by atoms with Gasteiger partial charge in [-0.15, -0.1) is 13.2 Å². The summed E-state index contributed by atoms with van der Waals surface area (Å²) in [7, 11) is -3.01. The molecule has 0 bridgehead atoms. The van der Waals surface area contributed by atoms with Crippen LogP contribution in [0.2, 0.25) is 0 Å². The van der Waals surface area contributed by atoms with Gasteiger partial charge in [-0.1, -0.05) is 34.7 Å². The molecule has 13 heavy (non-hydrogen) atoms. The maximum absolute atomic E-state index is 11.9. The second kappa shape index (κ2) is 3.87. The van der Waals surface area contributed by atoms with E-state index in [0.717, 1.165) is 6.42 Å². The molecule has 1 aliphatic rings. The fourth-order valence-electron chi connectivity index (χ4n) is 1.37. The molecule has 1 rings (SSSR count). The van der Waals surface area contributed by atoms with Gasteiger partial charge in [-0.25, -0.2) is 0 Å². The van der Waals surface area contributed by atoms with E-state index in [1.165, 1.54) is 0 Å². The molecule has 0 aromatic carbocycles. The topological polar surface area (TPSA) is 37.3 Å². The maximum atomic E-state index is 11.9. The molecule has 3 atom stereocenters. The first kappa shape index (κ1) is 11.5. The predicted molar refractivity (Wildman–Crippen MR) is 64.6 cm³/mol. The molecule has 74 valence electrons. The van der Waals surface area contributed by atoms with Gasteiger partial charge in [0.1, 0.15) is 3.16 Å². The van der Waals surface area contributed by atoms with Crippen LogP contribution in [0.4, 0.5) is 0 Å². The lowest BCUT2D eigenvalue weighted by Crippen LogP contribution is -2.05. The highest BCUT2D eigenvalue weighted by atomic mass is 127. The minimum Gasteiger partial charge on any atom is -0.343 e. The quantitative estimate of drug-likeness (QED) is 0.366. The van der Waals surface area contributed by atoms with E-state index in [1.54, 1.807) is 12.2 Å². The molecule has 1 unspecified atom stereocenters. The van der Waals surface area contributed by atoms with Crippen LogP contribution >= 0.6 is 30.0 Å². The van der Waals surface area contributed by atoms with Crippen LogP contribution in [-0.4, -0.2) is 14.2 Å². The summed E-state index contributed by atoms with van der Waals surface area (Å²) in [6.07, 6.45) is 5.23. The smallest absolute Gasteiger partial charge is 0.216 e. The van der Waals surface area contributed by atoms with Crippen molar-refractivity contribution < 1.29 is 9.46 Å². The molecule has 0 aliphatic heterocycles. The van der Waals surface area contributed by atoms with Crippen LogP contribution in [0.3, 0.4) is 0 Å². The summed E-state index contributed by atoms with van der Waals surface area (Å²) in [5, 5.41) is 0. The van der Waals surface area contributed by atoms with Crippen molar-refractivity contribution in [3.63, 3.8) is 0 Å². The van der Waals surface area contributed by atoms with E-state index in [0.29, 0.717) is 12.6 Å². The van der Waals surface area contributed by atoms with Crippen molar-refractivity contribution in [1.82, 2.24) is 0 Å². The Kier molecular flexibility index (Phi) is 3.42. The first-order valence-electron chi connectivity index (χ1n) is 4.22. The lowest BCUT2D eigenvalue weighted by Gasteiger charge is -2.16. The zero-order valence-electron chi connectivity index (χ0n) is 7.45. The zero-order valence-corrected chi connectivity index (χ0v) is 10.5. The molecule has 0 aromatic heterocycles. The minimum absolute atomic E-state index is 0.216. The van der Waals surface area contributed by atoms with Gasteiger partial charge in [0.15, 0.2) is 0 Å². The van der Waals surface area contributed by atoms with E-state index >= 15 is 0 Å². The molecule has 1 saturated carbocycles. The third kappa shape index (κ3) is 2.08. The first-order valence-corrected chi connectivity index (χ1v) is 7.14. The summed E-state index contributed by atoms with van der Waals surface area (Å²) in [6, 6.07) is 0. The Morgan fingerprint density at radius 1 is 1.69 bits per heavy atom. The lowest BCUT2D eigenvalue weighted by molar-refractivity contribution is 0.473. The molecule has 0 aromatic rings. The average Bonchev–Trinajstić information content (AvgIpc) is 2.76. The van der Waals surface area contributed by atoms with E-state index in [2.05, 4.69) is 35.7 Å². The standard InChI is InChI=1S/C9H14IO2P/c1-3-5-6-13(11,12)9(10)7-8(9)4-2/h3-4,8H,1-2,5-7H2,(H,11,12)/t8-,9+/m1/s1. The van der Waals surface area contributed by atoms with Crippen molar-refractivity contribution in [2.24, 2.45) is 5.92 Å².